The van der Waals surface area contributed by atoms with Gasteiger partial charge < -0.3 is 19.9 Å². The number of carbonyl (C=O) groups excluding carboxylic acids is 2. The number of rotatable bonds is 6. The average Bonchev–Trinajstić information content (AvgIpc) is 2.44. The second kappa shape index (κ2) is 8.10. The van der Waals surface area contributed by atoms with Crippen LogP contribution < -0.4 is 5.32 Å². The minimum absolute atomic E-state index is 0.0909. The van der Waals surface area contributed by atoms with Gasteiger partial charge in [-0.05, 0) is 12.5 Å². The summed E-state index contributed by atoms with van der Waals surface area (Å²) in [6, 6.07) is 8.01. The van der Waals surface area contributed by atoms with Crippen LogP contribution in [-0.2, 0) is 20.9 Å². The number of hydrogen-bond acceptors (Lipinski definition) is 5. The lowest BCUT2D eigenvalue weighted by molar-refractivity contribution is -0.146. The van der Waals surface area contributed by atoms with Gasteiger partial charge >= 0.3 is 12.1 Å². The second-order valence-electron chi connectivity index (χ2n) is 3.69. The Balaban J connectivity index is 2.39. The van der Waals surface area contributed by atoms with Crippen molar-refractivity contribution in [3.63, 3.8) is 0 Å². The zero-order valence-electron chi connectivity index (χ0n) is 10.7. The van der Waals surface area contributed by atoms with Crippen molar-refractivity contribution < 1.29 is 24.2 Å². The highest BCUT2D eigenvalue weighted by Gasteiger charge is 2.21. The first-order chi connectivity index (χ1) is 9.17. The van der Waals surface area contributed by atoms with Crippen molar-refractivity contribution in [2.24, 2.45) is 0 Å². The van der Waals surface area contributed by atoms with Crippen molar-refractivity contribution in [3.8, 4) is 0 Å². The van der Waals surface area contributed by atoms with Crippen molar-refractivity contribution in [1.29, 1.82) is 0 Å². The third-order valence-electron chi connectivity index (χ3n) is 2.26. The first-order valence-corrected chi connectivity index (χ1v) is 5.92. The number of aliphatic hydroxyl groups excluding tert-OH is 1. The predicted molar refractivity (Wildman–Crippen MR) is 67.3 cm³/mol. The Morgan fingerprint density at radius 1 is 1.26 bits per heavy atom. The summed E-state index contributed by atoms with van der Waals surface area (Å²) in [6.07, 6.45) is -0.782. The Morgan fingerprint density at radius 3 is 2.53 bits per heavy atom. The van der Waals surface area contributed by atoms with Gasteiger partial charge in [0.05, 0.1) is 13.2 Å². The lowest BCUT2D eigenvalue weighted by atomic mass is 10.2. The molecule has 19 heavy (non-hydrogen) atoms. The summed E-state index contributed by atoms with van der Waals surface area (Å²) < 4.78 is 9.61. The average molecular weight is 267 g/mol. The third kappa shape index (κ3) is 5.39. The molecule has 1 atom stereocenters. The van der Waals surface area contributed by atoms with Gasteiger partial charge in [-0.25, -0.2) is 9.59 Å². The molecule has 0 unspecified atom stereocenters. The highest BCUT2D eigenvalue weighted by molar-refractivity contribution is 5.81. The summed E-state index contributed by atoms with van der Waals surface area (Å²) in [7, 11) is 0. The zero-order valence-corrected chi connectivity index (χ0v) is 10.7. The minimum Gasteiger partial charge on any atom is -0.464 e. The molecule has 0 saturated carbocycles. The molecule has 0 spiro atoms. The van der Waals surface area contributed by atoms with Crippen LogP contribution in [0.1, 0.15) is 12.5 Å². The lowest BCUT2D eigenvalue weighted by Gasteiger charge is -2.14. The van der Waals surface area contributed by atoms with Crippen LogP contribution in [0.3, 0.4) is 0 Å². The van der Waals surface area contributed by atoms with E-state index in [1.165, 1.54) is 0 Å². The van der Waals surface area contributed by atoms with Crippen LogP contribution in [0.15, 0.2) is 30.3 Å². The molecule has 0 aliphatic rings. The van der Waals surface area contributed by atoms with Gasteiger partial charge in [0, 0.05) is 0 Å². The highest BCUT2D eigenvalue weighted by atomic mass is 16.6. The number of nitrogens with one attached hydrogen (secondary N) is 1. The number of benzene rings is 1. The second-order valence-corrected chi connectivity index (χ2v) is 3.69. The van der Waals surface area contributed by atoms with Crippen LogP contribution in [0.5, 0.6) is 0 Å². The SMILES string of the molecule is CCOC(=O)[C@@H](CO)NC(=O)OCc1ccccc1. The predicted octanol–water partition coefficient (Wildman–Crippen LogP) is 0.837. The van der Waals surface area contributed by atoms with E-state index >= 15 is 0 Å². The van der Waals surface area contributed by atoms with Crippen LogP contribution in [-0.4, -0.2) is 36.4 Å². The van der Waals surface area contributed by atoms with E-state index in [4.69, 9.17) is 9.84 Å². The van der Waals surface area contributed by atoms with Crippen LogP contribution >= 0.6 is 0 Å². The van der Waals surface area contributed by atoms with E-state index in [0.29, 0.717) is 0 Å². The molecule has 0 aromatic heterocycles. The summed E-state index contributed by atoms with van der Waals surface area (Å²) >= 11 is 0. The maximum Gasteiger partial charge on any atom is 0.408 e. The molecule has 0 fully saturated rings. The van der Waals surface area contributed by atoms with Crippen molar-refractivity contribution in [1.82, 2.24) is 5.32 Å². The Hall–Kier alpha value is -2.08. The maximum atomic E-state index is 11.4. The Kier molecular flexibility index (Phi) is 6.38. The van der Waals surface area contributed by atoms with Crippen molar-refractivity contribution in [2.75, 3.05) is 13.2 Å². The molecule has 1 rings (SSSR count). The van der Waals surface area contributed by atoms with E-state index < -0.39 is 24.7 Å². The van der Waals surface area contributed by atoms with Gasteiger partial charge in [-0.3, -0.25) is 0 Å². The zero-order chi connectivity index (χ0) is 14.1. The molecule has 1 amide bonds. The topological polar surface area (TPSA) is 84.9 Å². The summed E-state index contributed by atoms with van der Waals surface area (Å²) in [6.45, 7) is 1.36. The quantitative estimate of drug-likeness (QED) is 0.746. The first kappa shape index (κ1) is 15.0. The van der Waals surface area contributed by atoms with E-state index in [2.05, 4.69) is 10.1 Å². The van der Waals surface area contributed by atoms with E-state index in [-0.39, 0.29) is 13.2 Å². The molecule has 6 heteroatoms. The summed E-state index contributed by atoms with van der Waals surface area (Å²) in [5.74, 6) is -0.693. The van der Waals surface area contributed by atoms with Gasteiger partial charge in [0.2, 0.25) is 0 Å². The summed E-state index contributed by atoms with van der Waals surface area (Å²) in [5.41, 5.74) is 0.828. The lowest BCUT2D eigenvalue weighted by Crippen LogP contribution is -2.44. The van der Waals surface area contributed by atoms with Gasteiger partial charge in [0.1, 0.15) is 6.61 Å². The maximum absolute atomic E-state index is 11.4. The van der Waals surface area contributed by atoms with Gasteiger partial charge in [-0.1, -0.05) is 30.3 Å². The molecule has 0 bridgehead atoms. The minimum atomic E-state index is -1.11. The van der Waals surface area contributed by atoms with Crippen molar-refractivity contribution in [2.45, 2.75) is 19.6 Å². The molecule has 6 nitrogen and oxygen atoms in total. The van der Waals surface area contributed by atoms with Crippen LogP contribution in [0.25, 0.3) is 0 Å². The first-order valence-electron chi connectivity index (χ1n) is 5.92. The van der Waals surface area contributed by atoms with E-state index in [1.807, 2.05) is 30.3 Å². The molecule has 0 radical (unpaired) electrons. The highest BCUT2D eigenvalue weighted by Crippen LogP contribution is 2.01. The molecule has 0 aliphatic carbocycles. The van der Waals surface area contributed by atoms with Gasteiger partial charge in [0.25, 0.3) is 0 Å². The standard InChI is InChI=1S/C13H17NO5/c1-2-18-12(16)11(8-15)14-13(17)19-9-10-6-4-3-5-7-10/h3-7,11,15H,2,8-9H2,1H3,(H,14,17)/t11-/m1/s1. The van der Waals surface area contributed by atoms with Crippen LogP contribution in [0, 0.1) is 0 Å². The summed E-state index contributed by atoms with van der Waals surface area (Å²) in [5, 5.41) is 11.2. The Bertz CT molecular complexity index is 407. The molecule has 0 heterocycles. The van der Waals surface area contributed by atoms with E-state index in [1.54, 1.807) is 6.92 Å². The fourth-order valence-corrected chi connectivity index (χ4v) is 1.33. The molecule has 0 saturated heterocycles. The number of ether oxygens (including phenoxy) is 2. The molecule has 1 aromatic carbocycles. The largest absolute Gasteiger partial charge is 0.464 e. The van der Waals surface area contributed by atoms with Crippen LogP contribution in [0.2, 0.25) is 0 Å². The third-order valence-corrected chi connectivity index (χ3v) is 2.26. The number of hydrogen-bond donors (Lipinski definition) is 2. The Morgan fingerprint density at radius 2 is 1.95 bits per heavy atom. The molecular weight excluding hydrogens is 250 g/mol. The van der Waals surface area contributed by atoms with Gasteiger partial charge in [0.15, 0.2) is 6.04 Å². The van der Waals surface area contributed by atoms with Gasteiger partial charge in [-0.2, -0.15) is 0 Å². The van der Waals surface area contributed by atoms with Crippen molar-refractivity contribution >= 4 is 12.1 Å². The fraction of sp³-hybridized carbons (Fsp3) is 0.385. The Labute approximate surface area is 111 Å². The number of esters is 1. The normalized spacial score (nSPS) is 11.5. The number of carbonyl (C=O) groups is 2. The molecule has 2 N–H and O–H groups in total. The number of alkyl carbamates (subject to hydrolysis) is 1. The molecule has 104 valence electrons. The van der Waals surface area contributed by atoms with Gasteiger partial charge in [-0.15, -0.1) is 0 Å². The monoisotopic (exact) mass is 267 g/mol. The van der Waals surface area contributed by atoms with Crippen molar-refractivity contribution in [3.05, 3.63) is 35.9 Å². The van der Waals surface area contributed by atoms with E-state index in [0.717, 1.165) is 5.56 Å². The van der Waals surface area contributed by atoms with Crippen LogP contribution in [0.4, 0.5) is 4.79 Å². The van der Waals surface area contributed by atoms with E-state index in [9.17, 15) is 9.59 Å². The fourth-order valence-electron chi connectivity index (χ4n) is 1.33. The number of amides is 1. The molecule has 0 aliphatic heterocycles. The summed E-state index contributed by atoms with van der Waals surface area (Å²) in [4.78, 5) is 22.8. The molecule has 1 aromatic rings. The number of aliphatic hydroxyl groups is 1. The molecular formula is C13H17NO5. The smallest absolute Gasteiger partial charge is 0.408 e.